The van der Waals surface area contributed by atoms with Crippen molar-refractivity contribution in [1.82, 2.24) is 5.01 Å². The van der Waals surface area contributed by atoms with Gasteiger partial charge in [0.2, 0.25) is 0 Å². The fourth-order valence-electron chi connectivity index (χ4n) is 0.321. The SMILES string of the molecule is C=N/C(C)=N/N(C)C. The third-order valence-corrected chi connectivity index (χ3v) is 0.574. The normalized spacial score (nSPS) is 11.1. The van der Waals surface area contributed by atoms with Crippen LogP contribution in [0.4, 0.5) is 0 Å². The van der Waals surface area contributed by atoms with Crippen LogP contribution in [-0.4, -0.2) is 31.7 Å². The van der Waals surface area contributed by atoms with E-state index in [-0.39, 0.29) is 0 Å². The van der Waals surface area contributed by atoms with Crippen LogP contribution in [-0.2, 0) is 0 Å². The van der Waals surface area contributed by atoms with Gasteiger partial charge in [-0.2, -0.15) is 5.10 Å². The van der Waals surface area contributed by atoms with Crippen molar-refractivity contribution in [3.05, 3.63) is 0 Å². The molecule has 3 nitrogen and oxygen atoms in total. The molecule has 3 heteroatoms. The molecule has 0 saturated heterocycles. The average molecular weight is 113 g/mol. The van der Waals surface area contributed by atoms with Crippen LogP contribution >= 0.6 is 0 Å². The lowest BCUT2D eigenvalue weighted by Gasteiger charge is -2.02. The predicted molar refractivity (Wildman–Crippen MR) is 36.3 cm³/mol. The zero-order valence-corrected chi connectivity index (χ0v) is 5.55. The van der Waals surface area contributed by atoms with E-state index in [2.05, 4.69) is 16.8 Å². The molecule has 8 heavy (non-hydrogen) atoms. The fourth-order valence-corrected chi connectivity index (χ4v) is 0.321. The Labute approximate surface area is 49.7 Å². The van der Waals surface area contributed by atoms with Crippen molar-refractivity contribution in [2.75, 3.05) is 14.1 Å². The minimum absolute atomic E-state index is 0.690. The second kappa shape index (κ2) is 3.18. The zero-order valence-electron chi connectivity index (χ0n) is 5.55. The van der Waals surface area contributed by atoms with Crippen LogP contribution < -0.4 is 0 Å². The van der Waals surface area contributed by atoms with E-state index in [0.29, 0.717) is 5.84 Å². The lowest BCUT2D eigenvalue weighted by Crippen LogP contribution is -2.04. The van der Waals surface area contributed by atoms with E-state index in [1.807, 2.05) is 14.1 Å². The molecule has 0 aromatic carbocycles. The maximum absolute atomic E-state index is 3.92. The third kappa shape index (κ3) is 3.33. The van der Waals surface area contributed by atoms with Crippen molar-refractivity contribution in [2.24, 2.45) is 10.1 Å². The maximum atomic E-state index is 3.92. The molecule has 0 saturated carbocycles. The molecule has 0 rings (SSSR count). The molecule has 0 heterocycles. The van der Waals surface area contributed by atoms with Crippen molar-refractivity contribution in [3.63, 3.8) is 0 Å². The summed E-state index contributed by atoms with van der Waals surface area (Å²) in [5, 5.41) is 5.60. The second-order valence-corrected chi connectivity index (χ2v) is 1.65. The summed E-state index contributed by atoms with van der Waals surface area (Å²) in [6.07, 6.45) is 0. The molecule has 0 radical (unpaired) electrons. The minimum atomic E-state index is 0.690. The molecule has 0 bridgehead atoms. The minimum Gasteiger partial charge on any atom is -0.301 e. The first-order valence-corrected chi connectivity index (χ1v) is 2.36. The van der Waals surface area contributed by atoms with Gasteiger partial charge in [0.15, 0.2) is 0 Å². The molecule has 0 amide bonds. The summed E-state index contributed by atoms with van der Waals surface area (Å²) < 4.78 is 0. The third-order valence-electron chi connectivity index (χ3n) is 0.574. The van der Waals surface area contributed by atoms with Crippen LogP contribution in [0.25, 0.3) is 0 Å². The molecule has 0 spiro atoms. The number of hydrogen-bond acceptors (Lipinski definition) is 2. The highest BCUT2D eigenvalue weighted by atomic mass is 15.4. The molecule has 0 aliphatic rings. The van der Waals surface area contributed by atoms with Crippen LogP contribution in [0.5, 0.6) is 0 Å². The number of aliphatic imine (C=N–C) groups is 1. The van der Waals surface area contributed by atoms with E-state index in [1.54, 1.807) is 11.9 Å². The lowest BCUT2D eigenvalue weighted by molar-refractivity contribution is 0.437. The first kappa shape index (κ1) is 7.14. The quantitative estimate of drug-likeness (QED) is 0.278. The van der Waals surface area contributed by atoms with Gasteiger partial charge in [0.25, 0.3) is 0 Å². The van der Waals surface area contributed by atoms with Crippen molar-refractivity contribution in [1.29, 1.82) is 0 Å². The van der Waals surface area contributed by atoms with E-state index in [0.717, 1.165) is 0 Å². The number of nitrogens with zero attached hydrogens (tertiary/aromatic N) is 3. The Morgan fingerprint density at radius 3 is 2.12 bits per heavy atom. The van der Waals surface area contributed by atoms with E-state index in [1.165, 1.54) is 0 Å². The zero-order chi connectivity index (χ0) is 6.57. The summed E-state index contributed by atoms with van der Waals surface area (Å²) in [5.74, 6) is 0.690. The molecule has 0 fully saturated rings. The molecule has 0 aliphatic heterocycles. The molecule has 0 aromatic rings. The molecule has 0 aromatic heterocycles. The van der Waals surface area contributed by atoms with E-state index in [4.69, 9.17) is 0 Å². The van der Waals surface area contributed by atoms with Crippen LogP contribution in [0, 0.1) is 0 Å². The van der Waals surface area contributed by atoms with Gasteiger partial charge in [0.05, 0.1) is 0 Å². The van der Waals surface area contributed by atoms with E-state index < -0.39 is 0 Å². The first-order chi connectivity index (χ1) is 3.66. The summed E-state index contributed by atoms with van der Waals surface area (Å²) in [6.45, 7) is 5.10. The molecule has 0 aliphatic carbocycles. The maximum Gasteiger partial charge on any atom is 0.144 e. The summed E-state index contributed by atoms with van der Waals surface area (Å²) in [5.41, 5.74) is 0. The Hall–Kier alpha value is -0.860. The molecule has 0 atom stereocenters. The van der Waals surface area contributed by atoms with Gasteiger partial charge in [-0.25, -0.2) is 4.99 Å². The largest absolute Gasteiger partial charge is 0.301 e. The Balaban J connectivity index is 3.74. The Morgan fingerprint density at radius 1 is 1.50 bits per heavy atom. The summed E-state index contributed by atoms with van der Waals surface area (Å²) in [4.78, 5) is 3.59. The van der Waals surface area contributed by atoms with Crippen molar-refractivity contribution >= 4 is 12.6 Å². The smallest absolute Gasteiger partial charge is 0.144 e. The number of amidine groups is 1. The van der Waals surface area contributed by atoms with Gasteiger partial charge in [-0.3, -0.25) is 0 Å². The molecule has 0 N–H and O–H groups in total. The lowest BCUT2D eigenvalue weighted by atomic mass is 10.7. The number of hydrogen-bond donors (Lipinski definition) is 0. The van der Waals surface area contributed by atoms with Crippen LogP contribution in [0.2, 0.25) is 0 Å². The van der Waals surface area contributed by atoms with Gasteiger partial charge in [0.1, 0.15) is 5.84 Å². The fraction of sp³-hybridized carbons (Fsp3) is 0.600. The van der Waals surface area contributed by atoms with Crippen molar-refractivity contribution in [2.45, 2.75) is 6.92 Å². The molecular formula is C5H11N3. The van der Waals surface area contributed by atoms with Gasteiger partial charge >= 0.3 is 0 Å². The highest BCUT2D eigenvalue weighted by molar-refractivity contribution is 5.83. The molecular weight excluding hydrogens is 102 g/mol. The number of hydrazone groups is 1. The first-order valence-electron chi connectivity index (χ1n) is 2.36. The van der Waals surface area contributed by atoms with Gasteiger partial charge in [0, 0.05) is 14.1 Å². The van der Waals surface area contributed by atoms with Crippen molar-refractivity contribution in [3.8, 4) is 0 Å². The van der Waals surface area contributed by atoms with Crippen LogP contribution in [0.1, 0.15) is 6.92 Å². The molecule has 46 valence electrons. The van der Waals surface area contributed by atoms with Crippen LogP contribution in [0.3, 0.4) is 0 Å². The highest BCUT2D eigenvalue weighted by Gasteiger charge is 1.80. The highest BCUT2D eigenvalue weighted by Crippen LogP contribution is 1.79. The summed E-state index contributed by atoms with van der Waals surface area (Å²) in [7, 11) is 3.68. The van der Waals surface area contributed by atoms with Gasteiger partial charge in [-0.1, -0.05) is 0 Å². The second-order valence-electron chi connectivity index (χ2n) is 1.65. The monoisotopic (exact) mass is 113 g/mol. The molecule has 0 unspecified atom stereocenters. The predicted octanol–water partition coefficient (Wildman–Crippen LogP) is 0.582. The topological polar surface area (TPSA) is 28.0 Å². The Kier molecular flexibility index (Phi) is 2.84. The Morgan fingerprint density at radius 2 is 2.00 bits per heavy atom. The standard InChI is InChI=1S/C5H11N3/c1-5(6-2)7-8(3)4/h2H2,1,3-4H3/b7-5+. The van der Waals surface area contributed by atoms with Gasteiger partial charge in [-0.15, -0.1) is 0 Å². The summed E-state index contributed by atoms with van der Waals surface area (Å²) in [6, 6.07) is 0. The summed E-state index contributed by atoms with van der Waals surface area (Å²) >= 11 is 0. The van der Waals surface area contributed by atoms with Gasteiger partial charge in [-0.05, 0) is 13.6 Å². The van der Waals surface area contributed by atoms with Crippen LogP contribution in [0.15, 0.2) is 10.1 Å². The Bertz CT molecular complexity index is 104. The van der Waals surface area contributed by atoms with Crippen molar-refractivity contribution < 1.29 is 0 Å². The van der Waals surface area contributed by atoms with E-state index in [9.17, 15) is 0 Å². The van der Waals surface area contributed by atoms with E-state index >= 15 is 0 Å². The van der Waals surface area contributed by atoms with Gasteiger partial charge < -0.3 is 5.01 Å². The number of rotatable bonds is 1. The average Bonchev–Trinajstić information content (AvgIpc) is 1.65.